The van der Waals surface area contributed by atoms with Gasteiger partial charge in [0, 0.05) is 10.9 Å². The average Bonchev–Trinajstić information content (AvgIpc) is 2.39. The molecule has 0 bridgehead atoms. The van der Waals surface area contributed by atoms with Crippen molar-refractivity contribution in [1.82, 2.24) is 0 Å². The van der Waals surface area contributed by atoms with E-state index < -0.39 is 0 Å². The molecule has 0 amide bonds. The molecule has 0 spiro atoms. The van der Waals surface area contributed by atoms with Crippen molar-refractivity contribution in [3.05, 3.63) is 34.3 Å². The Bertz CT molecular complexity index is 380. The Balaban J connectivity index is 1.72. The maximum Gasteiger partial charge on any atom is 0.306 e. The van der Waals surface area contributed by atoms with Crippen LogP contribution in [0.5, 0.6) is 0 Å². The molecule has 0 aromatic heterocycles. The van der Waals surface area contributed by atoms with Gasteiger partial charge in [0.25, 0.3) is 0 Å². The maximum atomic E-state index is 11.7. The van der Waals surface area contributed by atoms with Crippen molar-refractivity contribution in [2.24, 2.45) is 5.92 Å². The van der Waals surface area contributed by atoms with E-state index in [2.05, 4.69) is 15.9 Å². The Labute approximate surface area is 117 Å². The van der Waals surface area contributed by atoms with E-state index in [1.165, 1.54) is 32.1 Å². The van der Waals surface area contributed by atoms with Crippen molar-refractivity contribution < 1.29 is 9.53 Å². The van der Waals surface area contributed by atoms with E-state index in [1.807, 2.05) is 24.3 Å². The third-order valence-electron chi connectivity index (χ3n) is 3.49. The number of halogens is 1. The summed E-state index contributed by atoms with van der Waals surface area (Å²) in [6.45, 7) is 0.388. The van der Waals surface area contributed by atoms with Crippen molar-refractivity contribution in [2.45, 2.75) is 45.1 Å². The molecule has 0 saturated heterocycles. The lowest BCUT2D eigenvalue weighted by Crippen LogP contribution is -2.14. The Morgan fingerprint density at radius 3 is 2.50 bits per heavy atom. The number of esters is 1. The molecule has 98 valence electrons. The zero-order chi connectivity index (χ0) is 12.8. The third kappa shape index (κ3) is 4.45. The molecule has 0 radical (unpaired) electrons. The van der Waals surface area contributed by atoms with Crippen LogP contribution >= 0.6 is 15.9 Å². The summed E-state index contributed by atoms with van der Waals surface area (Å²) >= 11 is 3.38. The number of benzene rings is 1. The van der Waals surface area contributed by atoms with Gasteiger partial charge in [-0.3, -0.25) is 4.79 Å². The zero-order valence-corrected chi connectivity index (χ0v) is 12.1. The van der Waals surface area contributed by atoms with Gasteiger partial charge in [0.2, 0.25) is 0 Å². The Hall–Kier alpha value is -0.830. The lowest BCUT2D eigenvalue weighted by molar-refractivity contribution is -0.146. The van der Waals surface area contributed by atoms with Gasteiger partial charge in [-0.2, -0.15) is 0 Å². The molecule has 0 atom stereocenters. The third-order valence-corrected chi connectivity index (χ3v) is 4.02. The highest BCUT2D eigenvalue weighted by molar-refractivity contribution is 9.10. The van der Waals surface area contributed by atoms with Gasteiger partial charge in [-0.1, -0.05) is 47.3 Å². The van der Waals surface area contributed by atoms with E-state index in [4.69, 9.17) is 4.74 Å². The van der Waals surface area contributed by atoms with Gasteiger partial charge in [0.05, 0.1) is 0 Å². The zero-order valence-electron chi connectivity index (χ0n) is 10.5. The molecular formula is C15H19BrO2. The van der Waals surface area contributed by atoms with Crippen LogP contribution in [0, 0.1) is 5.92 Å². The molecule has 1 aliphatic rings. The number of carbonyl (C=O) groups excluding carboxylic acids is 1. The monoisotopic (exact) mass is 310 g/mol. The number of rotatable bonds is 4. The SMILES string of the molecule is O=C(CC1CCCCC1)OCc1ccc(Br)cc1. The molecular weight excluding hydrogens is 292 g/mol. The minimum absolute atomic E-state index is 0.0511. The first kappa shape index (κ1) is 13.6. The second kappa shape index (κ2) is 6.93. The summed E-state index contributed by atoms with van der Waals surface area (Å²) in [5, 5.41) is 0. The van der Waals surface area contributed by atoms with Crippen molar-refractivity contribution >= 4 is 21.9 Å². The summed E-state index contributed by atoms with van der Waals surface area (Å²) < 4.78 is 6.36. The summed E-state index contributed by atoms with van der Waals surface area (Å²) in [4.78, 5) is 11.7. The highest BCUT2D eigenvalue weighted by Crippen LogP contribution is 2.26. The molecule has 2 rings (SSSR count). The molecule has 1 aromatic carbocycles. The predicted molar refractivity (Wildman–Crippen MR) is 75.1 cm³/mol. The van der Waals surface area contributed by atoms with Crippen LogP contribution < -0.4 is 0 Å². The van der Waals surface area contributed by atoms with Crippen LogP contribution in [0.2, 0.25) is 0 Å². The minimum Gasteiger partial charge on any atom is -0.461 e. The van der Waals surface area contributed by atoms with Gasteiger partial charge in [-0.15, -0.1) is 0 Å². The van der Waals surface area contributed by atoms with Crippen molar-refractivity contribution in [1.29, 1.82) is 0 Å². The van der Waals surface area contributed by atoms with Gasteiger partial charge in [0.15, 0.2) is 0 Å². The first-order chi connectivity index (χ1) is 8.74. The molecule has 0 aliphatic heterocycles. The maximum absolute atomic E-state index is 11.7. The Morgan fingerprint density at radius 1 is 1.17 bits per heavy atom. The normalized spacial score (nSPS) is 16.5. The molecule has 1 aliphatic carbocycles. The quantitative estimate of drug-likeness (QED) is 0.767. The van der Waals surface area contributed by atoms with Crippen LogP contribution in [0.4, 0.5) is 0 Å². The number of ether oxygens (including phenoxy) is 1. The van der Waals surface area contributed by atoms with Gasteiger partial charge >= 0.3 is 5.97 Å². The second-order valence-electron chi connectivity index (χ2n) is 5.00. The van der Waals surface area contributed by atoms with Crippen molar-refractivity contribution in [3.8, 4) is 0 Å². The highest BCUT2D eigenvalue weighted by Gasteiger charge is 2.17. The van der Waals surface area contributed by atoms with E-state index >= 15 is 0 Å². The van der Waals surface area contributed by atoms with E-state index in [9.17, 15) is 4.79 Å². The molecule has 2 nitrogen and oxygen atoms in total. The van der Waals surface area contributed by atoms with Gasteiger partial charge in [-0.05, 0) is 36.5 Å². The van der Waals surface area contributed by atoms with Crippen LogP contribution in [0.3, 0.4) is 0 Å². The molecule has 1 aromatic rings. The van der Waals surface area contributed by atoms with Crippen LogP contribution in [0.1, 0.15) is 44.1 Å². The van der Waals surface area contributed by atoms with Crippen LogP contribution in [-0.2, 0) is 16.1 Å². The van der Waals surface area contributed by atoms with E-state index in [-0.39, 0.29) is 5.97 Å². The summed E-state index contributed by atoms with van der Waals surface area (Å²) in [6.07, 6.45) is 6.83. The topological polar surface area (TPSA) is 26.3 Å². The summed E-state index contributed by atoms with van der Waals surface area (Å²) in [6, 6.07) is 7.87. The van der Waals surface area contributed by atoms with Gasteiger partial charge in [0.1, 0.15) is 6.61 Å². The molecule has 0 unspecified atom stereocenters. The molecule has 18 heavy (non-hydrogen) atoms. The number of carbonyl (C=O) groups is 1. The van der Waals surface area contributed by atoms with Crippen LogP contribution in [0.25, 0.3) is 0 Å². The number of hydrogen-bond donors (Lipinski definition) is 0. The fraction of sp³-hybridized carbons (Fsp3) is 0.533. The molecule has 1 fully saturated rings. The van der Waals surface area contributed by atoms with E-state index in [0.717, 1.165) is 10.0 Å². The molecule has 0 heterocycles. The summed E-state index contributed by atoms with van der Waals surface area (Å²) in [5.41, 5.74) is 1.04. The standard InChI is InChI=1S/C15H19BrO2/c16-14-8-6-13(7-9-14)11-18-15(17)10-12-4-2-1-3-5-12/h6-9,12H,1-5,10-11H2. The Kier molecular flexibility index (Phi) is 5.24. The van der Waals surface area contributed by atoms with Gasteiger partial charge < -0.3 is 4.74 Å². The first-order valence-electron chi connectivity index (χ1n) is 6.64. The largest absolute Gasteiger partial charge is 0.461 e. The van der Waals surface area contributed by atoms with Crippen molar-refractivity contribution in [2.75, 3.05) is 0 Å². The fourth-order valence-electron chi connectivity index (χ4n) is 2.43. The first-order valence-corrected chi connectivity index (χ1v) is 7.43. The van der Waals surface area contributed by atoms with Gasteiger partial charge in [-0.25, -0.2) is 0 Å². The fourth-order valence-corrected chi connectivity index (χ4v) is 2.69. The predicted octanol–water partition coefficient (Wildman–Crippen LogP) is 4.46. The summed E-state index contributed by atoms with van der Waals surface area (Å²) in [7, 11) is 0. The average molecular weight is 311 g/mol. The van der Waals surface area contributed by atoms with E-state index in [1.54, 1.807) is 0 Å². The van der Waals surface area contributed by atoms with Crippen molar-refractivity contribution in [3.63, 3.8) is 0 Å². The summed E-state index contributed by atoms with van der Waals surface area (Å²) in [5.74, 6) is 0.501. The molecule has 3 heteroatoms. The lowest BCUT2D eigenvalue weighted by atomic mass is 9.87. The minimum atomic E-state index is -0.0511. The van der Waals surface area contributed by atoms with E-state index in [0.29, 0.717) is 18.9 Å². The molecule has 0 N–H and O–H groups in total. The Morgan fingerprint density at radius 2 is 1.83 bits per heavy atom. The molecule has 1 saturated carbocycles. The van der Waals surface area contributed by atoms with Crippen LogP contribution in [-0.4, -0.2) is 5.97 Å². The number of hydrogen-bond acceptors (Lipinski definition) is 2. The highest BCUT2D eigenvalue weighted by atomic mass is 79.9. The second-order valence-corrected chi connectivity index (χ2v) is 5.91. The lowest BCUT2D eigenvalue weighted by Gasteiger charge is -2.20. The smallest absolute Gasteiger partial charge is 0.306 e. The van der Waals surface area contributed by atoms with Crippen LogP contribution in [0.15, 0.2) is 28.7 Å².